The number of para-hydroxylation sites is 1. The molecule has 2 amide bonds. The quantitative estimate of drug-likeness (QED) is 0.853. The molecule has 0 bridgehead atoms. The molecule has 134 valence electrons. The van der Waals surface area contributed by atoms with Gasteiger partial charge < -0.3 is 10.2 Å². The van der Waals surface area contributed by atoms with Crippen LogP contribution in [0.1, 0.15) is 18.4 Å². The predicted molar refractivity (Wildman–Crippen MR) is 99.8 cm³/mol. The summed E-state index contributed by atoms with van der Waals surface area (Å²) in [6.45, 7) is 1.04. The van der Waals surface area contributed by atoms with Crippen molar-refractivity contribution in [2.24, 2.45) is 5.92 Å². The Bertz CT molecular complexity index is 797. The lowest BCUT2D eigenvalue weighted by molar-refractivity contribution is -0.130. The Hall–Kier alpha value is -2.95. The summed E-state index contributed by atoms with van der Waals surface area (Å²) < 4.78 is 13.6. The number of carbonyl (C=O) groups excluding carboxylic acids is 2. The van der Waals surface area contributed by atoms with Crippen molar-refractivity contribution < 1.29 is 14.0 Å². The van der Waals surface area contributed by atoms with Crippen molar-refractivity contribution in [1.29, 1.82) is 0 Å². The third-order valence-corrected chi connectivity index (χ3v) is 4.53. The van der Waals surface area contributed by atoms with E-state index in [0.29, 0.717) is 31.5 Å². The number of piperidine rings is 1. The van der Waals surface area contributed by atoms with Gasteiger partial charge in [-0.25, -0.2) is 4.39 Å². The molecule has 2 aromatic carbocycles. The van der Waals surface area contributed by atoms with Gasteiger partial charge in [-0.2, -0.15) is 0 Å². The number of nitrogens with one attached hydrogen (secondary N) is 1. The largest absolute Gasteiger partial charge is 0.339 e. The number of amides is 2. The summed E-state index contributed by atoms with van der Waals surface area (Å²) in [7, 11) is 0. The fourth-order valence-electron chi connectivity index (χ4n) is 3.00. The Labute approximate surface area is 152 Å². The molecular weight excluding hydrogens is 331 g/mol. The van der Waals surface area contributed by atoms with Gasteiger partial charge in [-0.3, -0.25) is 9.59 Å². The normalized spacial score (nSPS) is 15.2. The molecule has 0 spiro atoms. The molecule has 0 saturated carbocycles. The standard InChI is InChI=1S/C21H21FN2O2/c22-19-9-5-4-6-16(19)10-11-20(25)24-14-12-17(13-15-24)21(26)23-18-7-2-1-3-8-18/h1-11,17H,12-15H2,(H,23,26)/b11-10+. The maximum Gasteiger partial charge on any atom is 0.246 e. The first-order valence-corrected chi connectivity index (χ1v) is 8.71. The van der Waals surface area contributed by atoms with Crippen LogP contribution in [0.25, 0.3) is 6.08 Å². The number of rotatable bonds is 4. The van der Waals surface area contributed by atoms with Gasteiger partial charge >= 0.3 is 0 Å². The molecule has 2 aromatic rings. The fourth-order valence-corrected chi connectivity index (χ4v) is 3.00. The van der Waals surface area contributed by atoms with Crippen molar-refractivity contribution in [3.05, 3.63) is 72.1 Å². The summed E-state index contributed by atoms with van der Waals surface area (Å²) in [4.78, 5) is 26.3. The van der Waals surface area contributed by atoms with Gasteiger partial charge in [0.05, 0.1) is 0 Å². The second-order valence-electron chi connectivity index (χ2n) is 6.31. The van der Waals surface area contributed by atoms with E-state index in [1.54, 1.807) is 23.1 Å². The number of likely N-dealkylation sites (tertiary alicyclic amines) is 1. The third-order valence-electron chi connectivity index (χ3n) is 4.53. The molecule has 0 aromatic heterocycles. The van der Waals surface area contributed by atoms with Gasteiger partial charge in [-0.05, 0) is 37.1 Å². The SMILES string of the molecule is O=C(Nc1ccccc1)C1CCN(C(=O)/C=C/c2ccccc2F)CC1. The van der Waals surface area contributed by atoms with Gasteiger partial charge in [0.25, 0.3) is 0 Å². The minimum absolute atomic E-state index is 0.00908. The van der Waals surface area contributed by atoms with Crippen LogP contribution in [0.2, 0.25) is 0 Å². The summed E-state index contributed by atoms with van der Waals surface area (Å²) >= 11 is 0. The molecule has 0 unspecified atom stereocenters. The van der Waals surface area contributed by atoms with Gasteiger partial charge in [0, 0.05) is 36.3 Å². The number of nitrogens with zero attached hydrogens (tertiary/aromatic N) is 1. The number of benzene rings is 2. The molecule has 26 heavy (non-hydrogen) atoms. The molecule has 5 heteroatoms. The van der Waals surface area contributed by atoms with Crippen LogP contribution in [-0.4, -0.2) is 29.8 Å². The number of hydrogen-bond acceptors (Lipinski definition) is 2. The average molecular weight is 352 g/mol. The van der Waals surface area contributed by atoms with Crippen molar-refractivity contribution >= 4 is 23.6 Å². The van der Waals surface area contributed by atoms with Crippen LogP contribution in [0, 0.1) is 11.7 Å². The minimum atomic E-state index is -0.354. The number of anilines is 1. The molecule has 0 atom stereocenters. The average Bonchev–Trinajstić information content (AvgIpc) is 2.68. The van der Waals surface area contributed by atoms with E-state index in [4.69, 9.17) is 0 Å². The Morgan fingerprint density at radius 2 is 1.65 bits per heavy atom. The third kappa shape index (κ3) is 4.57. The summed E-state index contributed by atoms with van der Waals surface area (Å²) in [5.74, 6) is -0.622. The molecule has 1 N–H and O–H groups in total. The van der Waals surface area contributed by atoms with Crippen LogP contribution in [0.3, 0.4) is 0 Å². The maximum absolute atomic E-state index is 13.6. The molecule has 0 aliphatic carbocycles. The first-order valence-electron chi connectivity index (χ1n) is 8.71. The van der Waals surface area contributed by atoms with E-state index >= 15 is 0 Å². The van der Waals surface area contributed by atoms with E-state index < -0.39 is 0 Å². The Kier molecular flexibility index (Phi) is 5.79. The molecule has 1 saturated heterocycles. The van der Waals surface area contributed by atoms with E-state index in [0.717, 1.165) is 5.69 Å². The lowest BCUT2D eigenvalue weighted by Crippen LogP contribution is -2.40. The van der Waals surface area contributed by atoms with Crippen molar-refractivity contribution in [3.63, 3.8) is 0 Å². The number of carbonyl (C=O) groups is 2. The molecule has 0 radical (unpaired) electrons. The molecular formula is C21H21FN2O2. The fraction of sp³-hybridized carbons (Fsp3) is 0.238. The maximum atomic E-state index is 13.6. The van der Waals surface area contributed by atoms with Gasteiger partial charge in [0.1, 0.15) is 5.82 Å². The van der Waals surface area contributed by atoms with Gasteiger partial charge in [0.2, 0.25) is 11.8 Å². The van der Waals surface area contributed by atoms with Crippen molar-refractivity contribution in [2.45, 2.75) is 12.8 Å². The molecule has 1 fully saturated rings. The van der Waals surface area contributed by atoms with Gasteiger partial charge in [0.15, 0.2) is 0 Å². The zero-order valence-corrected chi connectivity index (χ0v) is 14.4. The van der Waals surface area contributed by atoms with E-state index in [2.05, 4.69) is 5.32 Å². The topological polar surface area (TPSA) is 49.4 Å². The van der Waals surface area contributed by atoms with Crippen LogP contribution in [0.4, 0.5) is 10.1 Å². The van der Waals surface area contributed by atoms with Crippen LogP contribution in [0.15, 0.2) is 60.7 Å². The van der Waals surface area contributed by atoms with Crippen molar-refractivity contribution in [3.8, 4) is 0 Å². The molecule has 1 aliphatic heterocycles. The summed E-state index contributed by atoms with van der Waals surface area (Å²) in [6, 6.07) is 15.7. The van der Waals surface area contributed by atoms with Crippen molar-refractivity contribution in [1.82, 2.24) is 4.90 Å². The highest BCUT2D eigenvalue weighted by atomic mass is 19.1. The second-order valence-corrected chi connectivity index (χ2v) is 6.31. The van der Waals surface area contributed by atoms with Crippen LogP contribution in [0.5, 0.6) is 0 Å². The first-order chi connectivity index (χ1) is 12.6. The number of hydrogen-bond donors (Lipinski definition) is 1. The highest BCUT2D eigenvalue weighted by Gasteiger charge is 2.26. The zero-order chi connectivity index (χ0) is 18.4. The van der Waals surface area contributed by atoms with Gasteiger partial charge in [-0.1, -0.05) is 36.4 Å². The summed E-state index contributed by atoms with van der Waals surface area (Å²) in [5.41, 5.74) is 1.17. The smallest absolute Gasteiger partial charge is 0.246 e. The molecule has 1 heterocycles. The second kappa shape index (κ2) is 8.43. The number of halogens is 1. The van der Waals surface area contributed by atoms with Crippen LogP contribution in [-0.2, 0) is 9.59 Å². The summed E-state index contributed by atoms with van der Waals surface area (Å²) in [6.07, 6.45) is 4.13. The molecule has 4 nitrogen and oxygen atoms in total. The highest BCUT2D eigenvalue weighted by molar-refractivity contribution is 5.94. The Balaban J connectivity index is 1.51. The van der Waals surface area contributed by atoms with Crippen molar-refractivity contribution in [2.75, 3.05) is 18.4 Å². The Morgan fingerprint density at radius 3 is 2.35 bits per heavy atom. The minimum Gasteiger partial charge on any atom is -0.339 e. The summed E-state index contributed by atoms with van der Waals surface area (Å²) in [5, 5.41) is 2.91. The van der Waals surface area contributed by atoms with E-state index in [1.165, 1.54) is 18.2 Å². The van der Waals surface area contributed by atoms with E-state index in [9.17, 15) is 14.0 Å². The highest BCUT2D eigenvalue weighted by Crippen LogP contribution is 2.20. The zero-order valence-electron chi connectivity index (χ0n) is 14.4. The Morgan fingerprint density at radius 1 is 1.00 bits per heavy atom. The lowest BCUT2D eigenvalue weighted by atomic mass is 9.95. The monoisotopic (exact) mass is 352 g/mol. The molecule has 3 rings (SSSR count). The van der Waals surface area contributed by atoms with E-state index in [1.807, 2.05) is 30.3 Å². The predicted octanol–water partition coefficient (Wildman–Crippen LogP) is 3.72. The van der Waals surface area contributed by atoms with Crippen LogP contribution >= 0.6 is 0 Å². The van der Waals surface area contributed by atoms with E-state index in [-0.39, 0.29) is 23.5 Å². The van der Waals surface area contributed by atoms with Gasteiger partial charge in [-0.15, -0.1) is 0 Å². The molecule has 1 aliphatic rings. The lowest BCUT2D eigenvalue weighted by Gasteiger charge is -2.30. The van der Waals surface area contributed by atoms with Crippen LogP contribution < -0.4 is 5.32 Å². The first kappa shape index (κ1) is 17.9.